The summed E-state index contributed by atoms with van der Waals surface area (Å²) in [6.07, 6.45) is 4.96. The van der Waals surface area contributed by atoms with Crippen LogP contribution in [-0.2, 0) is 6.54 Å². The molecule has 0 atom stereocenters. The van der Waals surface area contributed by atoms with Crippen LogP contribution in [0.1, 0.15) is 17.3 Å². The number of fused-ring (bicyclic) bond motifs is 3. The third-order valence-electron chi connectivity index (χ3n) is 5.14. The lowest BCUT2D eigenvalue weighted by Crippen LogP contribution is -2.18. The van der Waals surface area contributed by atoms with Crippen molar-refractivity contribution in [3.8, 4) is 16.9 Å². The molecule has 30 heavy (non-hydrogen) atoms. The summed E-state index contributed by atoms with van der Waals surface area (Å²) >= 11 is 0. The summed E-state index contributed by atoms with van der Waals surface area (Å²) in [6, 6.07) is 5.56. The zero-order chi connectivity index (χ0) is 20.8. The van der Waals surface area contributed by atoms with Crippen LogP contribution < -0.4 is 10.4 Å². The Morgan fingerprint density at radius 3 is 2.67 bits per heavy atom. The molecule has 5 aromatic rings. The number of methoxy groups -OCH3 is 1. The lowest BCUT2D eigenvalue weighted by Gasteiger charge is -2.11. The third kappa shape index (κ3) is 2.74. The molecule has 0 bridgehead atoms. The molecule has 0 amide bonds. The lowest BCUT2D eigenvalue weighted by molar-refractivity contribution is 0.393. The molecule has 0 spiro atoms. The Hall–Kier alpha value is -4.01. The summed E-state index contributed by atoms with van der Waals surface area (Å²) in [5, 5.41) is 4.83. The molecular formula is C21H18N6O3. The first kappa shape index (κ1) is 18.0. The van der Waals surface area contributed by atoms with E-state index in [-0.39, 0.29) is 12.2 Å². The zero-order valence-electron chi connectivity index (χ0n) is 16.6. The van der Waals surface area contributed by atoms with Crippen LogP contribution in [0.5, 0.6) is 5.75 Å². The second kappa shape index (κ2) is 6.80. The summed E-state index contributed by atoms with van der Waals surface area (Å²) in [5.41, 5.74) is 4.31. The highest BCUT2D eigenvalue weighted by Gasteiger charge is 2.20. The van der Waals surface area contributed by atoms with Crippen LogP contribution in [0.2, 0.25) is 0 Å². The summed E-state index contributed by atoms with van der Waals surface area (Å²) < 4.78 is 12.6. The maximum Gasteiger partial charge on any atom is 0.326 e. The summed E-state index contributed by atoms with van der Waals surface area (Å²) in [7, 11) is 1.61. The average molecular weight is 402 g/mol. The number of aromatic amines is 1. The van der Waals surface area contributed by atoms with E-state index in [9.17, 15) is 4.79 Å². The van der Waals surface area contributed by atoms with E-state index in [2.05, 4.69) is 25.1 Å². The second-order valence-electron chi connectivity index (χ2n) is 6.97. The predicted molar refractivity (Wildman–Crippen MR) is 111 cm³/mol. The highest BCUT2D eigenvalue weighted by atomic mass is 16.5. The van der Waals surface area contributed by atoms with Gasteiger partial charge in [0.25, 0.3) is 0 Å². The van der Waals surface area contributed by atoms with Crippen molar-refractivity contribution in [1.29, 1.82) is 0 Å². The van der Waals surface area contributed by atoms with Gasteiger partial charge in [0.05, 0.1) is 47.7 Å². The van der Waals surface area contributed by atoms with Crippen molar-refractivity contribution in [2.45, 2.75) is 20.4 Å². The molecule has 9 heteroatoms. The Bertz CT molecular complexity index is 1430. The van der Waals surface area contributed by atoms with Gasteiger partial charge in [0, 0.05) is 23.3 Å². The summed E-state index contributed by atoms with van der Waals surface area (Å²) in [5.74, 6) is 1.89. The van der Waals surface area contributed by atoms with Gasteiger partial charge in [-0.25, -0.2) is 14.8 Å². The van der Waals surface area contributed by atoms with Crippen molar-refractivity contribution in [2.75, 3.05) is 7.11 Å². The number of hydrogen-bond acceptors (Lipinski definition) is 7. The number of nitrogens with one attached hydrogen (secondary N) is 1. The van der Waals surface area contributed by atoms with Crippen LogP contribution in [0.4, 0.5) is 0 Å². The highest BCUT2D eigenvalue weighted by Crippen LogP contribution is 2.38. The van der Waals surface area contributed by atoms with Gasteiger partial charge >= 0.3 is 5.69 Å². The van der Waals surface area contributed by atoms with E-state index >= 15 is 0 Å². The molecule has 0 saturated heterocycles. The Labute approximate surface area is 170 Å². The van der Waals surface area contributed by atoms with Crippen molar-refractivity contribution in [3.05, 3.63) is 64.6 Å². The van der Waals surface area contributed by atoms with Gasteiger partial charge in [-0.15, -0.1) is 0 Å². The number of H-pyrrole nitrogens is 1. The van der Waals surface area contributed by atoms with Crippen molar-refractivity contribution >= 4 is 21.9 Å². The number of aromatic nitrogens is 6. The Morgan fingerprint density at radius 1 is 1.17 bits per heavy atom. The van der Waals surface area contributed by atoms with Gasteiger partial charge in [-0.1, -0.05) is 5.16 Å². The van der Waals surface area contributed by atoms with E-state index in [4.69, 9.17) is 9.26 Å². The fourth-order valence-corrected chi connectivity index (χ4v) is 3.81. The fraction of sp³-hybridized carbons (Fsp3) is 0.190. The molecule has 4 heterocycles. The van der Waals surface area contributed by atoms with Crippen LogP contribution >= 0.6 is 0 Å². The van der Waals surface area contributed by atoms with Gasteiger partial charge in [-0.05, 0) is 32.0 Å². The minimum Gasteiger partial charge on any atom is -0.496 e. The van der Waals surface area contributed by atoms with Gasteiger partial charge in [-0.3, -0.25) is 9.55 Å². The molecule has 4 aromatic heterocycles. The predicted octanol–water partition coefficient (Wildman–Crippen LogP) is 3.00. The Morgan fingerprint density at radius 2 is 1.97 bits per heavy atom. The molecule has 1 aromatic carbocycles. The van der Waals surface area contributed by atoms with Crippen LogP contribution in [-0.4, -0.2) is 36.8 Å². The van der Waals surface area contributed by atoms with E-state index < -0.39 is 0 Å². The number of imidazole rings is 1. The number of aryl methyl sites for hydroxylation is 2. The molecule has 0 fully saturated rings. The van der Waals surface area contributed by atoms with Crippen LogP contribution in [0.25, 0.3) is 33.1 Å². The normalized spacial score (nSPS) is 11.4. The van der Waals surface area contributed by atoms with Gasteiger partial charge in [0.15, 0.2) is 0 Å². The van der Waals surface area contributed by atoms with Crippen molar-refractivity contribution in [2.24, 2.45) is 0 Å². The van der Waals surface area contributed by atoms with E-state index in [0.717, 1.165) is 33.2 Å². The highest BCUT2D eigenvalue weighted by molar-refractivity contribution is 6.04. The quantitative estimate of drug-likeness (QED) is 0.492. The standard InChI is InChI=1S/C21H18N6O3/c1-11-19(12(2)30-26-11)14-7-15-13(8-17(14)29-3)20-16(9-24-15)25-21(28)27(20)10-18-22-5-4-6-23-18/h4-9H,10H2,1-3H3,(H,25,28). The van der Waals surface area contributed by atoms with Gasteiger partial charge in [0.1, 0.15) is 17.3 Å². The number of rotatable bonds is 4. The molecule has 1 N–H and O–H groups in total. The molecule has 0 aliphatic carbocycles. The van der Waals surface area contributed by atoms with Crippen molar-refractivity contribution in [3.63, 3.8) is 0 Å². The topological polar surface area (TPSA) is 112 Å². The van der Waals surface area contributed by atoms with E-state index in [1.54, 1.807) is 36.3 Å². The molecule has 9 nitrogen and oxygen atoms in total. The molecule has 150 valence electrons. The molecule has 0 radical (unpaired) electrons. The van der Waals surface area contributed by atoms with Crippen molar-refractivity contribution < 1.29 is 9.26 Å². The number of nitrogens with zero attached hydrogens (tertiary/aromatic N) is 5. The number of ether oxygens (including phenoxy) is 1. The molecule has 0 aliphatic heterocycles. The first-order valence-electron chi connectivity index (χ1n) is 9.35. The van der Waals surface area contributed by atoms with Crippen LogP contribution in [0.3, 0.4) is 0 Å². The molecule has 0 unspecified atom stereocenters. The van der Waals surface area contributed by atoms with Gasteiger partial charge in [-0.2, -0.15) is 0 Å². The molecule has 0 aliphatic rings. The smallest absolute Gasteiger partial charge is 0.326 e. The largest absolute Gasteiger partial charge is 0.496 e. The monoisotopic (exact) mass is 402 g/mol. The summed E-state index contributed by atoms with van der Waals surface area (Å²) in [6.45, 7) is 3.99. The molecular weight excluding hydrogens is 384 g/mol. The fourth-order valence-electron chi connectivity index (χ4n) is 3.81. The second-order valence-corrected chi connectivity index (χ2v) is 6.97. The third-order valence-corrected chi connectivity index (χ3v) is 5.14. The molecule has 5 rings (SSSR count). The first-order valence-corrected chi connectivity index (χ1v) is 9.35. The number of benzene rings is 1. The first-order chi connectivity index (χ1) is 14.6. The average Bonchev–Trinajstić information content (AvgIpc) is 3.26. The number of pyridine rings is 1. The van der Waals surface area contributed by atoms with Crippen LogP contribution in [0.15, 0.2) is 46.1 Å². The lowest BCUT2D eigenvalue weighted by atomic mass is 10.0. The van der Waals surface area contributed by atoms with Crippen molar-refractivity contribution in [1.82, 2.24) is 29.7 Å². The van der Waals surface area contributed by atoms with E-state index in [1.807, 2.05) is 26.0 Å². The minimum absolute atomic E-state index is 0.243. The molecule has 0 saturated carbocycles. The summed E-state index contributed by atoms with van der Waals surface area (Å²) in [4.78, 5) is 28.6. The zero-order valence-corrected chi connectivity index (χ0v) is 16.6. The number of hydrogen-bond donors (Lipinski definition) is 1. The van der Waals surface area contributed by atoms with E-state index in [0.29, 0.717) is 22.9 Å². The van der Waals surface area contributed by atoms with E-state index in [1.165, 1.54) is 0 Å². The Balaban J connectivity index is 1.79. The SMILES string of the molecule is COc1cc2c(cc1-c1c(C)noc1C)ncc1[nH]c(=O)n(Cc3ncccn3)c12. The van der Waals surface area contributed by atoms with Crippen LogP contribution in [0, 0.1) is 13.8 Å². The minimum atomic E-state index is -0.250. The Kier molecular flexibility index (Phi) is 4.09. The van der Waals surface area contributed by atoms with Gasteiger partial charge < -0.3 is 14.2 Å². The van der Waals surface area contributed by atoms with Gasteiger partial charge in [0.2, 0.25) is 0 Å². The maximum atomic E-state index is 12.7. The maximum absolute atomic E-state index is 12.7.